The maximum absolute atomic E-state index is 12.6. The number of aromatic nitrogens is 3. The number of amides is 1. The number of carbonyl (C=O) groups excluding carboxylic acids is 1. The van der Waals surface area contributed by atoms with Gasteiger partial charge in [0.1, 0.15) is 0 Å². The molecule has 2 aromatic rings. The second-order valence-corrected chi connectivity index (χ2v) is 8.85. The number of carbonyl (C=O) groups is 1. The molecule has 2 aliphatic heterocycles. The van der Waals surface area contributed by atoms with Crippen molar-refractivity contribution in [3.05, 3.63) is 40.7 Å². The van der Waals surface area contributed by atoms with E-state index >= 15 is 0 Å². The topological polar surface area (TPSA) is 72.3 Å². The van der Waals surface area contributed by atoms with Crippen LogP contribution in [0, 0.1) is 12.8 Å². The maximum Gasteiger partial charge on any atom is 0.273 e. The van der Waals surface area contributed by atoms with Crippen LogP contribution in [0.2, 0.25) is 0 Å². The summed E-state index contributed by atoms with van der Waals surface area (Å²) in [5.41, 5.74) is 4.92. The molecule has 0 saturated carbocycles. The first-order chi connectivity index (χ1) is 14.5. The van der Waals surface area contributed by atoms with Crippen LogP contribution in [-0.4, -0.2) is 58.1 Å². The number of nitrogens with zero attached hydrogens (tertiary/aromatic N) is 4. The third-order valence-corrected chi connectivity index (χ3v) is 6.32. The summed E-state index contributed by atoms with van der Waals surface area (Å²) in [6.45, 7) is 10.6. The zero-order valence-electron chi connectivity index (χ0n) is 18.4. The Balaban J connectivity index is 1.52. The van der Waals surface area contributed by atoms with Crippen LogP contribution in [0.5, 0.6) is 0 Å². The van der Waals surface area contributed by atoms with Crippen LogP contribution in [0.25, 0.3) is 5.69 Å². The largest absolute Gasteiger partial charge is 0.381 e. The Morgan fingerprint density at radius 3 is 2.87 bits per heavy atom. The number of ether oxygens (including phenoxy) is 1. The summed E-state index contributed by atoms with van der Waals surface area (Å²) in [5, 5.41) is 11.5. The number of nitrogens with one attached hydrogen (secondary N) is 1. The molecule has 7 nitrogen and oxygen atoms in total. The summed E-state index contributed by atoms with van der Waals surface area (Å²) in [4.78, 5) is 15.1. The van der Waals surface area contributed by atoms with Gasteiger partial charge in [-0.05, 0) is 55.7 Å². The van der Waals surface area contributed by atoms with Crippen molar-refractivity contribution in [2.75, 3.05) is 26.3 Å². The molecule has 3 heterocycles. The Morgan fingerprint density at radius 1 is 1.30 bits per heavy atom. The van der Waals surface area contributed by atoms with E-state index in [0.29, 0.717) is 24.2 Å². The lowest BCUT2D eigenvalue weighted by atomic mass is 9.95. The van der Waals surface area contributed by atoms with Crippen molar-refractivity contribution in [1.29, 1.82) is 0 Å². The Hall–Kier alpha value is -2.25. The quantitative estimate of drug-likeness (QED) is 0.791. The van der Waals surface area contributed by atoms with Crippen molar-refractivity contribution >= 4 is 5.91 Å². The van der Waals surface area contributed by atoms with Gasteiger partial charge in [-0.25, -0.2) is 4.68 Å². The molecule has 4 rings (SSSR count). The van der Waals surface area contributed by atoms with E-state index in [4.69, 9.17) is 4.74 Å². The van der Waals surface area contributed by atoms with Gasteiger partial charge in [-0.2, -0.15) is 0 Å². The number of fused-ring (bicyclic) bond motifs is 1. The van der Waals surface area contributed by atoms with Gasteiger partial charge in [0.15, 0.2) is 5.69 Å². The zero-order valence-corrected chi connectivity index (χ0v) is 18.4. The standard InChI is InChI=1S/C23H33N5O2/c1-16(2)7-11-24-23(29)22-17(3)28(26-25-22)21-6-4-5-18-15-27(12-8-20(18)21)19-9-13-30-14-10-19/h4-6,16,19H,7-15H2,1-3H3,(H,24,29). The lowest BCUT2D eigenvalue weighted by Gasteiger charge is -2.38. The summed E-state index contributed by atoms with van der Waals surface area (Å²) in [6.07, 6.45) is 4.17. The van der Waals surface area contributed by atoms with E-state index in [1.165, 1.54) is 11.1 Å². The summed E-state index contributed by atoms with van der Waals surface area (Å²) < 4.78 is 7.36. The van der Waals surface area contributed by atoms with Crippen LogP contribution >= 0.6 is 0 Å². The van der Waals surface area contributed by atoms with E-state index in [9.17, 15) is 4.79 Å². The highest BCUT2D eigenvalue weighted by Crippen LogP contribution is 2.29. The van der Waals surface area contributed by atoms with Gasteiger partial charge in [-0.3, -0.25) is 9.69 Å². The van der Waals surface area contributed by atoms with Crippen molar-refractivity contribution < 1.29 is 9.53 Å². The van der Waals surface area contributed by atoms with Crippen molar-refractivity contribution in [3.8, 4) is 5.69 Å². The molecule has 2 aliphatic rings. The van der Waals surface area contributed by atoms with E-state index in [1.54, 1.807) is 0 Å². The Bertz CT molecular complexity index is 886. The number of hydrogen-bond acceptors (Lipinski definition) is 5. The van der Waals surface area contributed by atoms with E-state index in [0.717, 1.165) is 63.4 Å². The molecule has 162 valence electrons. The molecule has 30 heavy (non-hydrogen) atoms. The average molecular weight is 412 g/mol. The first-order valence-corrected chi connectivity index (χ1v) is 11.2. The fourth-order valence-electron chi connectivity index (χ4n) is 4.50. The number of hydrogen-bond donors (Lipinski definition) is 1. The Morgan fingerprint density at radius 2 is 2.10 bits per heavy atom. The first-order valence-electron chi connectivity index (χ1n) is 11.2. The van der Waals surface area contributed by atoms with Gasteiger partial charge in [0.05, 0.1) is 11.4 Å². The highest BCUT2D eigenvalue weighted by atomic mass is 16.5. The molecule has 1 aromatic heterocycles. The number of rotatable bonds is 6. The first kappa shape index (κ1) is 21.0. The SMILES string of the molecule is Cc1c(C(=O)NCCC(C)C)nnn1-c1cccc2c1CCN(C1CCOCC1)C2. The van der Waals surface area contributed by atoms with Gasteiger partial charge in [0.2, 0.25) is 0 Å². The van der Waals surface area contributed by atoms with Gasteiger partial charge in [-0.15, -0.1) is 5.10 Å². The monoisotopic (exact) mass is 411 g/mol. The molecular formula is C23H33N5O2. The van der Waals surface area contributed by atoms with Crippen molar-refractivity contribution in [2.45, 2.75) is 59.0 Å². The molecule has 1 saturated heterocycles. The van der Waals surface area contributed by atoms with Crippen LogP contribution in [0.15, 0.2) is 18.2 Å². The fourth-order valence-corrected chi connectivity index (χ4v) is 4.50. The predicted molar refractivity (Wildman–Crippen MR) is 116 cm³/mol. The minimum absolute atomic E-state index is 0.144. The lowest BCUT2D eigenvalue weighted by Crippen LogP contribution is -2.42. The average Bonchev–Trinajstić information content (AvgIpc) is 3.14. The van der Waals surface area contributed by atoms with Crippen LogP contribution in [-0.2, 0) is 17.7 Å². The highest BCUT2D eigenvalue weighted by Gasteiger charge is 2.27. The molecule has 0 atom stereocenters. The van der Waals surface area contributed by atoms with Gasteiger partial charge in [0, 0.05) is 38.9 Å². The van der Waals surface area contributed by atoms with E-state index < -0.39 is 0 Å². The molecule has 1 fully saturated rings. The van der Waals surface area contributed by atoms with Gasteiger partial charge in [0.25, 0.3) is 5.91 Å². The lowest BCUT2D eigenvalue weighted by molar-refractivity contribution is 0.0290. The van der Waals surface area contributed by atoms with E-state index in [-0.39, 0.29) is 5.91 Å². The third kappa shape index (κ3) is 4.42. The molecule has 1 N–H and O–H groups in total. The molecule has 7 heteroatoms. The molecule has 0 radical (unpaired) electrons. The van der Waals surface area contributed by atoms with E-state index in [2.05, 4.69) is 52.6 Å². The van der Waals surface area contributed by atoms with Gasteiger partial charge in [-0.1, -0.05) is 31.2 Å². The minimum atomic E-state index is -0.144. The second-order valence-electron chi connectivity index (χ2n) is 8.85. The molecular weight excluding hydrogens is 378 g/mol. The third-order valence-electron chi connectivity index (χ3n) is 6.32. The summed E-state index contributed by atoms with van der Waals surface area (Å²) in [7, 11) is 0. The molecule has 0 bridgehead atoms. The van der Waals surface area contributed by atoms with Crippen molar-refractivity contribution in [2.24, 2.45) is 5.92 Å². The van der Waals surface area contributed by atoms with E-state index in [1.807, 2.05) is 11.6 Å². The predicted octanol–water partition coefficient (Wildman–Crippen LogP) is 2.89. The summed E-state index contributed by atoms with van der Waals surface area (Å²) in [6, 6.07) is 7.01. The zero-order chi connectivity index (χ0) is 21.1. The fraction of sp³-hybridized carbons (Fsp3) is 0.609. The maximum atomic E-state index is 12.6. The smallest absolute Gasteiger partial charge is 0.273 e. The second kappa shape index (κ2) is 9.27. The molecule has 1 aromatic carbocycles. The molecule has 0 unspecified atom stereocenters. The molecule has 0 spiro atoms. The van der Waals surface area contributed by atoms with Crippen LogP contribution < -0.4 is 5.32 Å². The van der Waals surface area contributed by atoms with Crippen LogP contribution in [0.1, 0.15) is 60.4 Å². The van der Waals surface area contributed by atoms with Gasteiger partial charge < -0.3 is 10.1 Å². The minimum Gasteiger partial charge on any atom is -0.381 e. The highest BCUT2D eigenvalue weighted by molar-refractivity contribution is 5.93. The Labute approximate surface area is 178 Å². The van der Waals surface area contributed by atoms with Gasteiger partial charge >= 0.3 is 0 Å². The normalized spacial score (nSPS) is 17.9. The van der Waals surface area contributed by atoms with Crippen molar-refractivity contribution in [3.63, 3.8) is 0 Å². The van der Waals surface area contributed by atoms with Crippen LogP contribution in [0.4, 0.5) is 0 Å². The van der Waals surface area contributed by atoms with Crippen LogP contribution in [0.3, 0.4) is 0 Å². The Kier molecular flexibility index (Phi) is 6.49. The summed E-state index contributed by atoms with van der Waals surface area (Å²) in [5.74, 6) is 0.411. The summed E-state index contributed by atoms with van der Waals surface area (Å²) >= 11 is 0. The number of benzene rings is 1. The van der Waals surface area contributed by atoms with Crippen molar-refractivity contribution in [1.82, 2.24) is 25.2 Å². The molecule has 0 aliphatic carbocycles. The molecule has 1 amide bonds.